The Balaban J connectivity index is 1.55. The number of nitrogens with one attached hydrogen (secondary N) is 1. The molecular weight excluding hydrogens is 332 g/mol. The van der Waals surface area contributed by atoms with E-state index in [0.717, 1.165) is 16.5 Å². The Hall–Kier alpha value is -1.82. The zero-order valence-corrected chi connectivity index (χ0v) is 15.8. The third-order valence-corrected chi connectivity index (χ3v) is 5.79. The molecule has 2 aromatic rings. The summed E-state index contributed by atoms with van der Waals surface area (Å²) in [5.41, 5.74) is 2.35. The van der Waals surface area contributed by atoms with Crippen molar-refractivity contribution in [3.63, 3.8) is 0 Å². The van der Waals surface area contributed by atoms with Gasteiger partial charge in [-0.3, -0.25) is 4.79 Å². The van der Waals surface area contributed by atoms with Gasteiger partial charge in [-0.25, -0.2) is 0 Å². The second-order valence-electron chi connectivity index (χ2n) is 6.68. The third-order valence-electron chi connectivity index (χ3n) is 4.84. The lowest BCUT2D eigenvalue weighted by Crippen LogP contribution is -2.25. The summed E-state index contributed by atoms with van der Waals surface area (Å²) in [5.74, 6) is 1.36. The molecule has 6 heteroatoms. The van der Waals surface area contributed by atoms with Gasteiger partial charge in [-0.15, -0.1) is 10.2 Å². The predicted molar refractivity (Wildman–Crippen MR) is 101 cm³/mol. The molecule has 0 aliphatic heterocycles. The van der Waals surface area contributed by atoms with E-state index in [-0.39, 0.29) is 5.91 Å². The molecule has 0 atom stereocenters. The van der Waals surface area contributed by atoms with Crippen LogP contribution in [0.2, 0.25) is 0 Å². The molecular formula is C19H26N4OS. The SMILES string of the molecule is Cc1ccccc1CNC(=O)CSc1nnc(C)n1C1CCCCC1. The fourth-order valence-electron chi connectivity index (χ4n) is 3.39. The molecule has 0 radical (unpaired) electrons. The van der Waals surface area contributed by atoms with Crippen molar-refractivity contribution in [1.82, 2.24) is 20.1 Å². The lowest BCUT2D eigenvalue weighted by molar-refractivity contribution is -0.118. The number of carbonyl (C=O) groups is 1. The van der Waals surface area contributed by atoms with Gasteiger partial charge in [0.1, 0.15) is 5.82 Å². The highest BCUT2D eigenvalue weighted by Gasteiger charge is 2.21. The molecule has 0 spiro atoms. The van der Waals surface area contributed by atoms with Crippen molar-refractivity contribution in [3.05, 3.63) is 41.2 Å². The number of hydrogen-bond donors (Lipinski definition) is 1. The average Bonchev–Trinajstić information content (AvgIpc) is 3.00. The number of nitrogens with zero attached hydrogens (tertiary/aromatic N) is 3. The summed E-state index contributed by atoms with van der Waals surface area (Å²) in [6.45, 7) is 4.63. The van der Waals surface area contributed by atoms with Gasteiger partial charge in [0, 0.05) is 12.6 Å². The van der Waals surface area contributed by atoms with Crippen molar-refractivity contribution in [1.29, 1.82) is 0 Å². The van der Waals surface area contributed by atoms with Gasteiger partial charge in [0.25, 0.3) is 0 Å². The summed E-state index contributed by atoms with van der Waals surface area (Å²) in [7, 11) is 0. The summed E-state index contributed by atoms with van der Waals surface area (Å²) in [4.78, 5) is 12.2. The van der Waals surface area contributed by atoms with Crippen LogP contribution < -0.4 is 5.32 Å². The minimum atomic E-state index is 0.0316. The first-order chi connectivity index (χ1) is 12.1. The molecule has 1 aliphatic carbocycles. The van der Waals surface area contributed by atoms with E-state index < -0.39 is 0 Å². The van der Waals surface area contributed by atoms with Crippen LogP contribution in [0.1, 0.15) is 55.1 Å². The topological polar surface area (TPSA) is 59.8 Å². The van der Waals surface area contributed by atoms with Crippen molar-refractivity contribution in [2.45, 2.75) is 63.7 Å². The molecule has 1 aromatic carbocycles. The lowest BCUT2D eigenvalue weighted by atomic mass is 9.95. The van der Waals surface area contributed by atoms with Crippen molar-refractivity contribution in [2.24, 2.45) is 0 Å². The molecule has 134 valence electrons. The summed E-state index contributed by atoms with van der Waals surface area (Å²) >= 11 is 1.49. The van der Waals surface area contributed by atoms with E-state index >= 15 is 0 Å². The fraction of sp³-hybridized carbons (Fsp3) is 0.526. The molecule has 0 bridgehead atoms. The number of thioether (sulfide) groups is 1. The monoisotopic (exact) mass is 358 g/mol. The molecule has 25 heavy (non-hydrogen) atoms. The molecule has 1 aromatic heterocycles. The maximum absolute atomic E-state index is 12.2. The Morgan fingerprint density at radius 3 is 2.72 bits per heavy atom. The zero-order valence-electron chi connectivity index (χ0n) is 15.0. The molecule has 1 amide bonds. The van der Waals surface area contributed by atoms with E-state index in [1.807, 2.05) is 25.1 Å². The molecule has 1 saturated carbocycles. The largest absolute Gasteiger partial charge is 0.351 e. The average molecular weight is 359 g/mol. The number of aromatic nitrogens is 3. The van der Waals surface area contributed by atoms with E-state index in [4.69, 9.17) is 0 Å². The first kappa shape index (κ1) is 18.0. The van der Waals surface area contributed by atoms with E-state index in [2.05, 4.69) is 33.1 Å². The Morgan fingerprint density at radius 2 is 1.96 bits per heavy atom. The highest BCUT2D eigenvalue weighted by Crippen LogP contribution is 2.32. The number of aryl methyl sites for hydroxylation is 2. The molecule has 1 aliphatic rings. The van der Waals surface area contributed by atoms with Crippen LogP contribution in [0.3, 0.4) is 0 Å². The van der Waals surface area contributed by atoms with E-state index in [0.29, 0.717) is 18.3 Å². The minimum Gasteiger partial charge on any atom is -0.351 e. The number of benzene rings is 1. The molecule has 1 fully saturated rings. The van der Waals surface area contributed by atoms with E-state index in [1.54, 1.807) is 0 Å². The predicted octanol–water partition coefficient (Wildman–Crippen LogP) is 3.81. The first-order valence-corrected chi connectivity index (χ1v) is 9.99. The molecule has 1 N–H and O–H groups in total. The Bertz CT molecular complexity index is 722. The van der Waals surface area contributed by atoms with Crippen LogP contribution in [0.4, 0.5) is 0 Å². The summed E-state index contributed by atoms with van der Waals surface area (Å²) in [6.07, 6.45) is 6.23. The molecule has 0 unspecified atom stereocenters. The van der Waals surface area contributed by atoms with Crippen LogP contribution in [0.15, 0.2) is 29.4 Å². The first-order valence-electron chi connectivity index (χ1n) is 9.00. The van der Waals surface area contributed by atoms with Crippen LogP contribution in [-0.4, -0.2) is 26.4 Å². The van der Waals surface area contributed by atoms with Gasteiger partial charge in [0.05, 0.1) is 5.75 Å². The number of amides is 1. The van der Waals surface area contributed by atoms with Crippen LogP contribution in [0, 0.1) is 13.8 Å². The fourth-order valence-corrected chi connectivity index (χ4v) is 4.27. The molecule has 3 rings (SSSR count). The Morgan fingerprint density at radius 1 is 1.20 bits per heavy atom. The van der Waals surface area contributed by atoms with E-state index in [9.17, 15) is 4.79 Å². The van der Waals surface area contributed by atoms with Gasteiger partial charge in [-0.1, -0.05) is 55.3 Å². The van der Waals surface area contributed by atoms with Crippen LogP contribution in [0.25, 0.3) is 0 Å². The quantitative estimate of drug-likeness (QED) is 0.798. The van der Waals surface area contributed by atoms with Crippen molar-refractivity contribution in [3.8, 4) is 0 Å². The standard InChI is InChI=1S/C19H26N4OS/c1-14-8-6-7-9-16(14)12-20-18(24)13-25-19-22-21-15(2)23(19)17-10-4-3-5-11-17/h6-9,17H,3-5,10-13H2,1-2H3,(H,20,24). The third kappa shape index (κ3) is 4.63. The second kappa shape index (κ2) is 8.52. The lowest BCUT2D eigenvalue weighted by Gasteiger charge is -2.24. The maximum atomic E-state index is 12.2. The van der Waals surface area contributed by atoms with Gasteiger partial charge in [0.2, 0.25) is 5.91 Å². The van der Waals surface area contributed by atoms with Gasteiger partial charge in [0.15, 0.2) is 5.16 Å². The number of hydrogen-bond acceptors (Lipinski definition) is 4. The van der Waals surface area contributed by atoms with Crippen LogP contribution in [0.5, 0.6) is 0 Å². The Labute approximate surface area is 153 Å². The highest BCUT2D eigenvalue weighted by atomic mass is 32.2. The number of rotatable bonds is 6. The summed E-state index contributed by atoms with van der Waals surface area (Å²) < 4.78 is 2.23. The van der Waals surface area contributed by atoms with Gasteiger partial charge in [-0.2, -0.15) is 0 Å². The van der Waals surface area contributed by atoms with Crippen molar-refractivity contribution in [2.75, 3.05) is 5.75 Å². The maximum Gasteiger partial charge on any atom is 0.230 e. The normalized spacial score (nSPS) is 15.3. The van der Waals surface area contributed by atoms with Gasteiger partial charge in [-0.05, 0) is 37.8 Å². The smallest absolute Gasteiger partial charge is 0.230 e. The highest BCUT2D eigenvalue weighted by molar-refractivity contribution is 7.99. The Kier molecular flexibility index (Phi) is 6.13. The molecule has 1 heterocycles. The zero-order chi connectivity index (χ0) is 17.6. The van der Waals surface area contributed by atoms with Crippen LogP contribution in [-0.2, 0) is 11.3 Å². The minimum absolute atomic E-state index is 0.0316. The summed E-state index contributed by atoms with van der Waals surface area (Å²) in [5, 5.41) is 12.4. The molecule has 0 saturated heterocycles. The van der Waals surface area contributed by atoms with Crippen molar-refractivity contribution >= 4 is 17.7 Å². The number of carbonyl (C=O) groups excluding carboxylic acids is 1. The van der Waals surface area contributed by atoms with Crippen molar-refractivity contribution < 1.29 is 4.79 Å². The van der Waals surface area contributed by atoms with Gasteiger partial charge < -0.3 is 9.88 Å². The van der Waals surface area contributed by atoms with Crippen LogP contribution >= 0.6 is 11.8 Å². The van der Waals surface area contributed by atoms with E-state index in [1.165, 1.54) is 49.4 Å². The summed E-state index contributed by atoms with van der Waals surface area (Å²) in [6, 6.07) is 8.61. The molecule has 5 nitrogen and oxygen atoms in total. The second-order valence-corrected chi connectivity index (χ2v) is 7.63. The van der Waals surface area contributed by atoms with Gasteiger partial charge >= 0.3 is 0 Å².